The molecule has 0 aliphatic rings. The Bertz CT molecular complexity index is 1390. The van der Waals surface area contributed by atoms with Gasteiger partial charge in [-0.05, 0) is 50.2 Å². The number of amides is 1. The van der Waals surface area contributed by atoms with Crippen molar-refractivity contribution >= 4 is 39.4 Å². The molecular weight excluding hydrogens is 456 g/mol. The third-order valence-electron chi connectivity index (χ3n) is 5.08. The predicted molar refractivity (Wildman–Crippen MR) is 129 cm³/mol. The number of thiazole rings is 1. The van der Waals surface area contributed by atoms with E-state index in [0.29, 0.717) is 38.9 Å². The second-order valence-electron chi connectivity index (χ2n) is 7.33. The molecule has 4 aromatic rings. The molecule has 10 heteroatoms. The molecule has 1 N–H and O–H groups in total. The SMILES string of the molecule is COc1ccc(OC)c(-c2csc(NC(=O)COC(=O)c3ccc4nc(C)c(C)nc4c3)n2)c1. The van der Waals surface area contributed by atoms with Gasteiger partial charge in [-0.3, -0.25) is 10.1 Å². The molecule has 1 amide bonds. The minimum absolute atomic E-state index is 0.291. The monoisotopic (exact) mass is 478 g/mol. The molecule has 2 heterocycles. The molecule has 0 atom stereocenters. The molecule has 34 heavy (non-hydrogen) atoms. The van der Waals surface area contributed by atoms with Crippen LogP contribution in [0.3, 0.4) is 0 Å². The Hall–Kier alpha value is -4.05. The van der Waals surface area contributed by atoms with Gasteiger partial charge >= 0.3 is 5.97 Å². The standard InChI is InChI=1S/C24H22N4O5S/c1-13-14(2)26-19-9-15(5-7-18(19)25-13)23(30)33-11-22(29)28-24-27-20(12-34-24)17-10-16(31-3)6-8-21(17)32-4/h5-10,12H,11H2,1-4H3,(H,27,28,29). The van der Waals surface area contributed by atoms with E-state index in [1.54, 1.807) is 56.0 Å². The largest absolute Gasteiger partial charge is 0.497 e. The molecule has 9 nitrogen and oxygen atoms in total. The number of rotatable bonds is 7. The normalized spacial score (nSPS) is 10.7. The molecule has 0 radical (unpaired) electrons. The van der Waals surface area contributed by atoms with E-state index in [-0.39, 0.29) is 0 Å². The highest BCUT2D eigenvalue weighted by Gasteiger charge is 2.15. The Balaban J connectivity index is 1.39. The van der Waals surface area contributed by atoms with Crippen molar-refractivity contribution < 1.29 is 23.8 Å². The van der Waals surface area contributed by atoms with Gasteiger partial charge in [-0.15, -0.1) is 11.3 Å². The van der Waals surface area contributed by atoms with Crippen LogP contribution in [0.2, 0.25) is 0 Å². The molecule has 0 saturated heterocycles. The highest BCUT2D eigenvalue weighted by molar-refractivity contribution is 7.14. The van der Waals surface area contributed by atoms with Crippen molar-refractivity contribution in [3.05, 3.63) is 58.7 Å². The molecule has 0 fully saturated rings. The summed E-state index contributed by atoms with van der Waals surface area (Å²) in [7, 11) is 3.14. The highest BCUT2D eigenvalue weighted by atomic mass is 32.1. The van der Waals surface area contributed by atoms with Crippen molar-refractivity contribution in [2.24, 2.45) is 0 Å². The van der Waals surface area contributed by atoms with Gasteiger partial charge in [0.25, 0.3) is 5.91 Å². The van der Waals surface area contributed by atoms with Crippen molar-refractivity contribution in [3.63, 3.8) is 0 Å². The summed E-state index contributed by atoms with van der Waals surface area (Å²) in [5.74, 6) is 0.159. The van der Waals surface area contributed by atoms with Crippen molar-refractivity contribution in [2.75, 3.05) is 26.1 Å². The van der Waals surface area contributed by atoms with E-state index in [1.165, 1.54) is 11.3 Å². The molecule has 0 saturated carbocycles. The van der Waals surface area contributed by atoms with E-state index >= 15 is 0 Å². The fourth-order valence-corrected chi connectivity index (χ4v) is 3.92. The Morgan fingerprint density at radius 1 is 0.941 bits per heavy atom. The van der Waals surface area contributed by atoms with Crippen LogP contribution in [0.25, 0.3) is 22.3 Å². The zero-order valence-corrected chi connectivity index (χ0v) is 19.9. The molecule has 0 unspecified atom stereocenters. The van der Waals surface area contributed by atoms with Crippen molar-refractivity contribution in [2.45, 2.75) is 13.8 Å². The summed E-state index contributed by atoms with van der Waals surface area (Å²) in [6.07, 6.45) is 0. The predicted octanol–water partition coefficient (Wildman–Crippen LogP) is 4.18. The van der Waals surface area contributed by atoms with Crippen LogP contribution in [0.4, 0.5) is 5.13 Å². The van der Waals surface area contributed by atoms with Crippen LogP contribution in [0.5, 0.6) is 11.5 Å². The van der Waals surface area contributed by atoms with E-state index in [4.69, 9.17) is 14.2 Å². The lowest BCUT2D eigenvalue weighted by atomic mass is 10.1. The van der Waals surface area contributed by atoms with Gasteiger partial charge in [0.1, 0.15) is 11.5 Å². The number of esters is 1. The second kappa shape index (κ2) is 9.84. The van der Waals surface area contributed by atoms with E-state index < -0.39 is 18.5 Å². The summed E-state index contributed by atoms with van der Waals surface area (Å²) in [5, 5.41) is 4.80. The summed E-state index contributed by atoms with van der Waals surface area (Å²) < 4.78 is 15.8. The van der Waals surface area contributed by atoms with Gasteiger partial charge in [0.2, 0.25) is 0 Å². The molecule has 0 spiro atoms. The first-order chi connectivity index (χ1) is 16.4. The first kappa shape index (κ1) is 23.1. The van der Waals surface area contributed by atoms with Crippen LogP contribution in [0, 0.1) is 13.8 Å². The van der Waals surface area contributed by atoms with E-state index in [0.717, 1.165) is 17.0 Å². The number of aromatic nitrogens is 3. The fraction of sp³-hybridized carbons (Fsp3) is 0.208. The number of aryl methyl sites for hydroxylation is 2. The Kier molecular flexibility index (Phi) is 6.69. The van der Waals surface area contributed by atoms with Gasteiger partial charge in [-0.25, -0.2) is 19.7 Å². The quantitative estimate of drug-likeness (QED) is 0.394. The first-order valence-corrected chi connectivity index (χ1v) is 11.2. The first-order valence-electron chi connectivity index (χ1n) is 10.3. The molecule has 0 aliphatic carbocycles. The number of hydrogen-bond donors (Lipinski definition) is 1. The number of nitrogens with zero attached hydrogens (tertiary/aromatic N) is 3. The summed E-state index contributed by atoms with van der Waals surface area (Å²) in [6, 6.07) is 10.3. The number of hydrogen-bond acceptors (Lipinski definition) is 9. The molecule has 2 aromatic carbocycles. The smallest absolute Gasteiger partial charge is 0.338 e. The minimum atomic E-state index is -0.627. The fourth-order valence-electron chi connectivity index (χ4n) is 3.20. The molecule has 2 aromatic heterocycles. The number of carbonyl (C=O) groups excluding carboxylic acids is 2. The summed E-state index contributed by atoms with van der Waals surface area (Å²) in [6.45, 7) is 3.28. The lowest BCUT2D eigenvalue weighted by Crippen LogP contribution is -2.20. The van der Waals surface area contributed by atoms with Crippen LogP contribution in [0.15, 0.2) is 41.8 Å². The number of methoxy groups -OCH3 is 2. The van der Waals surface area contributed by atoms with Gasteiger partial charge in [0.05, 0.1) is 47.9 Å². The van der Waals surface area contributed by atoms with Crippen LogP contribution in [-0.4, -0.2) is 47.7 Å². The number of carbonyl (C=O) groups is 2. The van der Waals surface area contributed by atoms with Gasteiger partial charge in [0.15, 0.2) is 11.7 Å². The van der Waals surface area contributed by atoms with Crippen molar-refractivity contribution in [1.29, 1.82) is 0 Å². The zero-order valence-electron chi connectivity index (χ0n) is 19.0. The van der Waals surface area contributed by atoms with Gasteiger partial charge in [-0.1, -0.05) is 0 Å². The lowest BCUT2D eigenvalue weighted by molar-refractivity contribution is -0.119. The topological polar surface area (TPSA) is 113 Å². The van der Waals surface area contributed by atoms with Crippen LogP contribution in [-0.2, 0) is 9.53 Å². The van der Waals surface area contributed by atoms with Crippen LogP contribution in [0.1, 0.15) is 21.7 Å². The van der Waals surface area contributed by atoms with Crippen LogP contribution >= 0.6 is 11.3 Å². The Morgan fingerprint density at radius 2 is 1.71 bits per heavy atom. The van der Waals surface area contributed by atoms with Crippen molar-refractivity contribution in [3.8, 4) is 22.8 Å². The number of anilines is 1. The van der Waals surface area contributed by atoms with Crippen LogP contribution < -0.4 is 14.8 Å². The molecule has 0 bridgehead atoms. The van der Waals surface area contributed by atoms with Gasteiger partial charge in [0, 0.05) is 10.9 Å². The highest BCUT2D eigenvalue weighted by Crippen LogP contribution is 2.35. The maximum Gasteiger partial charge on any atom is 0.338 e. The number of ether oxygens (including phenoxy) is 3. The molecular formula is C24H22N4O5S. The lowest BCUT2D eigenvalue weighted by Gasteiger charge is -2.08. The van der Waals surface area contributed by atoms with E-state index in [2.05, 4.69) is 20.3 Å². The molecule has 0 aliphatic heterocycles. The van der Waals surface area contributed by atoms with E-state index in [9.17, 15) is 9.59 Å². The molecule has 174 valence electrons. The molecule has 4 rings (SSSR count). The number of benzene rings is 2. The average Bonchev–Trinajstić information content (AvgIpc) is 3.30. The van der Waals surface area contributed by atoms with E-state index in [1.807, 2.05) is 13.8 Å². The second-order valence-corrected chi connectivity index (χ2v) is 8.18. The zero-order chi connectivity index (χ0) is 24.2. The van der Waals surface area contributed by atoms with Crippen molar-refractivity contribution in [1.82, 2.24) is 15.0 Å². The Labute approximate surface area is 199 Å². The summed E-state index contributed by atoms with van der Waals surface area (Å²) in [5.41, 5.74) is 4.53. The third kappa shape index (κ3) is 4.96. The number of fused-ring (bicyclic) bond motifs is 1. The number of nitrogens with one attached hydrogen (secondary N) is 1. The summed E-state index contributed by atoms with van der Waals surface area (Å²) >= 11 is 1.24. The van der Waals surface area contributed by atoms with Gasteiger partial charge in [-0.2, -0.15) is 0 Å². The minimum Gasteiger partial charge on any atom is -0.497 e. The Morgan fingerprint density at radius 3 is 2.44 bits per heavy atom. The maximum atomic E-state index is 12.4. The average molecular weight is 479 g/mol. The third-order valence-corrected chi connectivity index (χ3v) is 5.84. The maximum absolute atomic E-state index is 12.4. The van der Waals surface area contributed by atoms with Gasteiger partial charge < -0.3 is 14.2 Å². The summed E-state index contributed by atoms with van der Waals surface area (Å²) in [4.78, 5) is 38.1.